The van der Waals surface area contributed by atoms with Crippen LogP contribution < -0.4 is 0 Å². The van der Waals surface area contributed by atoms with Crippen molar-refractivity contribution in [2.24, 2.45) is 0 Å². The molecular formula is C8H16ClNO3. The fourth-order valence-electron chi connectivity index (χ4n) is 1.50. The minimum Gasteiger partial charge on any atom is -0.480 e. The molecule has 1 aliphatic heterocycles. The standard InChI is InChI=1S/C8H15NO3.ClH/c1-6-4-12-5-7(2)9(6)3-8(10)11;/h6-7H,3-5H2,1-2H3,(H,10,11);1H. The first-order valence-corrected chi connectivity index (χ1v) is 4.16. The summed E-state index contributed by atoms with van der Waals surface area (Å²) in [6.45, 7) is 5.36. The number of aliphatic carboxylic acids is 1. The minimum atomic E-state index is -0.768. The van der Waals surface area contributed by atoms with E-state index in [-0.39, 0.29) is 31.0 Å². The molecule has 0 spiro atoms. The van der Waals surface area contributed by atoms with Crippen molar-refractivity contribution in [1.29, 1.82) is 0 Å². The van der Waals surface area contributed by atoms with E-state index in [0.717, 1.165) is 0 Å². The fourth-order valence-corrected chi connectivity index (χ4v) is 1.50. The third-order valence-corrected chi connectivity index (χ3v) is 2.17. The van der Waals surface area contributed by atoms with Crippen molar-refractivity contribution in [3.63, 3.8) is 0 Å². The normalized spacial score (nSPS) is 29.4. The van der Waals surface area contributed by atoms with Crippen LogP contribution in [0.15, 0.2) is 0 Å². The Morgan fingerprint density at radius 2 is 1.92 bits per heavy atom. The first kappa shape index (κ1) is 12.7. The molecule has 0 saturated carbocycles. The van der Waals surface area contributed by atoms with Crippen molar-refractivity contribution < 1.29 is 14.6 Å². The van der Waals surface area contributed by atoms with E-state index in [2.05, 4.69) is 0 Å². The van der Waals surface area contributed by atoms with Gasteiger partial charge < -0.3 is 9.84 Å². The Labute approximate surface area is 84.3 Å². The molecule has 1 rings (SSSR count). The van der Waals surface area contributed by atoms with Gasteiger partial charge in [-0.05, 0) is 13.8 Å². The highest BCUT2D eigenvalue weighted by Gasteiger charge is 2.26. The number of halogens is 1. The number of carbonyl (C=O) groups is 1. The number of nitrogens with zero attached hydrogens (tertiary/aromatic N) is 1. The molecular weight excluding hydrogens is 194 g/mol. The Morgan fingerprint density at radius 1 is 1.46 bits per heavy atom. The first-order valence-electron chi connectivity index (χ1n) is 4.16. The van der Waals surface area contributed by atoms with Crippen LogP contribution in [0.4, 0.5) is 0 Å². The molecule has 1 fully saturated rings. The van der Waals surface area contributed by atoms with Crippen LogP contribution in [-0.2, 0) is 9.53 Å². The van der Waals surface area contributed by atoms with Crippen LogP contribution in [0.2, 0.25) is 0 Å². The van der Waals surface area contributed by atoms with Crippen LogP contribution in [0.5, 0.6) is 0 Å². The van der Waals surface area contributed by atoms with Crippen molar-refractivity contribution >= 4 is 18.4 Å². The van der Waals surface area contributed by atoms with Gasteiger partial charge in [0.2, 0.25) is 0 Å². The summed E-state index contributed by atoms with van der Waals surface area (Å²) in [5, 5.41) is 8.62. The van der Waals surface area contributed by atoms with Gasteiger partial charge in [0.1, 0.15) is 0 Å². The molecule has 0 bridgehead atoms. The lowest BCUT2D eigenvalue weighted by Crippen LogP contribution is -2.51. The average Bonchev–Trinajstić information content (AvgIpc) is 1.97. The Balaban J connectivity index is 0.00000144. The van der Waals surface area contributed by atoms with Gasteiger partial charge in [-0.3, -0.25) is 9.69 Å². The van der Waals surface area contributed by atoms with Gasteiger partial charge in [-0.25, -0.2) is 0 Å². The van der Waals surface area contributed by atoms with Gasteiger partial charge in [-0.15, -0.1) is 12.4 Å². The van der Waals surface area contributed by atoms with E-state index in [4.69, 9.17) is 9.84 Å². The molecule has 1 heterocycles. The Bertz CT molecular complexity index is 167. The van der Waals surface area contributed by atoms with E-state index >= 15 is 0 Å². The summed E-state index contributed by atoms with van der Waals surface area (Å²) in [4.78, 5) is 12.4. The molecule has 13 heavy (non-hydrogen) atoms. The predicted molar refractivity (Wildman–Crippen MR) is 51.3 cm³/mol. The van der Waals surface area contributed by atoms with Crippen molar-refractivity contribution in [1.82, 2.24) is 4.90 Å². The molecule has 2 atom stereocenters. The monoisotopic (exact) mass is 209 g/mol. The quantitative estimate of drug-likeness (QED) is 0.724. The van der Waals surface area contributed by atoms with Gasteiger partial charge in [0, 0.05) is 12.1 Å². The van der Waals surface area contributed by atoms with Gasteiger partial charge in [0.15, 0.2) is 0 Å². The highest BCUT2D eigenvalue weighted by Crippen LogP contribution is 2.11. The van der Waals surface area contributed by atoms with Crippen LogP contribution >= 0.6 is 12.4 Å². The van der Waals surface area contributed by atoms with Crippen LogP contribution in [-0.4, -0.2) is 47.8 Å². The summed E-state index contributed by atoms with van der Waals surface area (Å²) in [6, 6.07) is 0.426. The lowest BCUT2D eigenvalue weighted by molar-refractivity contribution is -0.142. The minimum absolute atomic E-state index is 0. The Hall–Kier alpha value is -0.320. The first-order chi connectivity index (χ1) is 5.61. The molecule has 0 aromatic carbocycles. The molecule has 78 valence electrons. The molecule has 1 N–H and O–H groups in total. The third-order valence-electron chi connectivity index (χ3n) is 2.17. The van der Waals surface area contributed by atoms with Gasteiger partial charge in [0.05, 0.1) is 19.8 Å². The number of ether oxygens (including phenoxy) is 1. The molecule has 0 amide bonds. The highest BCUT2D eigenvalue weighted by molar-refractivity contribution is 5.85. The summed E-state index contributed by atoms with van der Waals surface area (Å²) in [7, 11) is 0. The van der Waals surface area contributed by atoms with E-state index in [0.29, 0.717) is 13.2 Å². The van der Waals surface area contributed by atoms with Gasteiger partial charge in [0.25, 0.3) is 0 Å². The predicted octanol–water partition coefficient (Wildman–Crippen LogP) is 0.602. The maximum absolute atomic E-state index is 10.5. The Morgan fingerprint density at radius 3 is 2.31 bits per heavy atom. The zero-order valence-corrected chi connectivity index (χ0v) is 8.71. The van der Waals surface area contributed by atoms with Crippen molar-refractivity contribution in [2.45, 2.75) is 25.9 Å². The molecule has 0 aromatic heterocycles. The lowest BCUT2D eigenvalue weighted by atomic mass is 10.2. The van der Waals surface area contributed by atoms with Crippen LogP contribution in [0.1, 0.15) is 13.8 Å². The molecule has 5 heteroatoms. The topological polar surface area (TPSA) is 49.8 Å². The van der Waals surface area contributed by atoms with Crippen molar-refractivity contribution in [3.8, 4) is 0 Å². The van der Waals surface area contributed by atoms with E-state index in [9.17, 15) is 4.79 Å². The second-order valence-corrected chi connectivity index (χ2v) is 3.30. The summed E-state index contributed by atoms with van der Waals surface area (Å²) in [5.74, 6) is -0.768. The number of morpholine rings is 1. The largest absolute Gasteiger partial charge is 0.480 e. The summed E-state index contributed by atoms with van der Waals surface area (Å²) >= 11 is 0. The average molecular weight is 210 g/mol. The van der Waals surface area contributed by atoms with E-state index in [1.807, 2.05) is 18.7 Å². The molecule has 0 aromatic rings. The molecule has 4 nitrogen and oxygen atoms in total. The van der Waals surface area contributed by atoms with Crippen LogP contribution in [0.25, 0.3) is 0 Å². The van der Waals surface area contributed by atoms with E-state index in [1.165, 1.54) is 0 Å². The summed E-state index contributed by atoms with van der Waals surface area (Å²) in [6.07, 6.45) is 0. The number of hydrogen-bond acceptors (Lipinski definition) is 3. The summed E-state index contributed by atoms with van der Waals surface area (Å²) < 4.78 is 5.27. The SMILES string of the molecule is CC1COCC(C)N1CC(=O)O.Cl. The second-order valence-electron chi connectivity index (χ2n) is 3.30. The molecule has 0 radical (unpaired) electrons. The van der Waals surface area contributed by atoms with E-state index in [1.54, 1.807) is 0 Å². The van der Waals surface area contributed by atoms with E-state index < -0.39 is 5.97 Å². The maximum atomic E-state index is 10.5. The molecule has 2 unspecified atom stereocenters. The maximum Gasteiger partial charge on any atom is 0.317 e. The Kier molecular flexibility index (Phi) is 5.29. The lowest BCUT2D eigenvalue weighted by Gasteiger charge is -2.37. The zero-order valence-electron chi connectivity index (χ0n) is 7.90. The number of rotatable bonds is 2. The number of hydrogen-bond donors (Lipinski definition) is 1. The second kappa shape index (κ2) is 5.42. The van der Waals surface area contributed by atoms with Gasteiger partial charge >= 0.3 is 5.97 Å². The summed E-state index contributed by atoms with van der Waals surface area (Å²) in [5.41, 5.74) is 0. The smallest absolute Gasteiger partial charge is 0.317 e. The van der Waals surface area contributed by atoms with Crippen molar-refractivity contribution in [2.75, 3.05) is 19.8 Å². The fraction of sp³-hybridized carbons (Fsp3) is 0.875. The highest BCUT2D eigenvalue weighted by atomic mass is 35.5. The zero-order chi connectivity index (χ0) is 9.14. The third kappa shape index (κ3) is 3.50. The van der Waals surface area contributed by atoms with Crippen LogP contribution in [0, 0.1) is 0 Å². The van der Waals surface area contributed by atoms with Crippen molar-refractivity contribution in [3.05, 3.63) is 0 Å². The molecule has 1 saturated heterocycles. The van der Waals surface area contributed by atoms with Gasteiger partial charge in [-0.1, -0.05) is 0 Å². The van der Waals surface area contributed by atoms with Gasteiger partial charge in [-0.2, -0.15) is 0 Å². The number of carboxylic acids is 1. The molecule has 0 aliphatic carbocycles. The molecule has 1 aliphatic rings. The number of carboxylic acid groups (broad SMARTS) is 1. The van der Waals surface area contributed by atoms with Crippen LogP contribution in [0.3, 0.4) is 0 Å².